The Hall–Kier alpha value is -1.92. The van der Waals surface area contributed by atoms with Crippen LogP contribution in [0, 0.1) is 0 Å². The molecule has 20 heavy (non-hydrogen) atoms. The quantitative estimate of drug-likeness (QED) is 0.860. The van der Waals surface area contributed by atoms with E-state index in [1.54, 1.807) is 7.05 Å². The topological polar surface area (TPSA) is 80.0 Å². The molecule has 2 aromatic rings. The van der Waals surface area contributed by atoms with Gasteiger partial charge in [-0.05, 0) is 22.7 Å². The highest BCUT2D eigenvalue weighted by Gasteiger charge is 2.32. The first kappa shape index (κ1) is 13.1. The van der Waals surface area contributed by atoms with Gasteiger partial charge in [0.1, 0.15) is 0 Å². The van der Waals surface area contributed by atoms with Crippen LogP contribution in [-0.2, 0) is 13.5 Å². The predicted molar refractivity (Wildman–Crippen MR) is 72.4 cm³/mol. The van der Waals surface area contributed by atoms with Crippen molar-refractivity contribution in [2.45, 2.75) is 18.6 Å². The van der Waals surface area contributed by atoms with E-state index in [9.17, 15) is 9.90 Å². The smallest absolute Gasteiger partial charge is 0.291 e. The van der Waals surface area contributed by atoms with E-state index in [-0.39, 0.29) is 11.1 Å². The molecule has 0 spiro atoms. The minimum Gasteiger partial charge on any atom is -0.390 e. The van der Waals surface area contributed by atoms with Crippen LogP contribution in [-0.4, -0.2) is 31.9 Å². The highest BCUT2D eigenvalue weighted by atomic mass is 35.5. The number of aliphatic hydroxyl groups is 1. The van der Waals surface area contributed by atoms with Crippen molar-refractivity contribution in [3.8, 4) is 0 Å². The molecule has 0 aliphatic heterocycles. The van der Waals surface area contributed by atoms with Gasteiger partial charge < -0.3 is 10.4 Å². The van der Waals surface area contributed by atoms with Crippen LogP contribution >= 0.6 is 11.6 Å². The molecule has 1 aromatic carbocycles. The van der Waals surface area contributed by atoms with Gasteiger partial charge in [-0.2, -0.15) is 4.98 Å². The number of nitrogens with zero attached hydrogens (tertiary/aromatic N) is 3. The number of rotatable bonds is 2. The van der Waals surface area contributed by atoms with E-state index in [1.165, 1.54) is 4.68 Å². The Kier molecular flexibility index (Phi) is 3.19. The summed E-state index contributed by atoms with van der Waals surface area (Å²) in [6, 6.07) is 7.19. The summed E-state index contributed by atoms with van der Waals surface area (Å²) in [6.45, 7) is 0. The van der Waals surface area contributed by atoms with E-state index in [0.717, 1.165) is 11.1 Å². The van der Waals surface area contributed by atoms with Gasteiger partial charge in [-0.25, -0.2) is 4.68 Å². The highest BCUT2D eigenvalue weighted by molar-refractivity contribution is 6.28. The lowest BCUT2D eigenvalue weighted by atomic mass is 10.1. The summed E-state index contributed by atoms with van der Waals surface area (Å²) >= 11 is 5.76. The van der Waals surface area contributed by atoms with Crippen molar-refractivity contribution in [2.24, 2.45) is 7.05 Å². The predicted octanol–water partition coefficient (Wildman–Crippen LogP) is 0.857. The minimum absolute atomic E-state index is 0.00548. The summed E-state index contributed by atoms with van der Waals surface area (Å²) in [5.41, 5.74) is 1.97. The lowest BCUT2D eigenvalue weighted by Crippen LogP contribution is -2.34. The largest absolute Gasteiger partial charge is 0.390 e. The van der Waals surface area contributed by atoms with Gasteiger partial charge in [0.25, 0.3) is 5.91 Å². The van der Waals surface area contributed by atoms with Gasteiger partial charge in [-0.15, -0.1) is 5.10 Å². The molecule has 6 nitrogen and oxygen atoms in total. The van der Waals surface area contributed by atoms with Crippen LogP contribution in [0.15, 0.2) is 24.3 Å². The molecule has 1 aromatic heterocycles. The first-order valence-corrected chi connectivity index (χ1v) is 6.57. The maximum atomic E-state index is 12.1. The lowest BCUT2D eigenvalue weighted by molar-refractivity contribution is 0.0848. The standard InChI is InChI=1S/C13H13ClN4O2/c1-18-13(14)16-11(17-18)12(20)15-10-8-5-3-2-4-7(8)6-9(10)19/h2-5,9-10,19H,6H2,1H3,(H,15,20)/t9-,10+/m0/s1. The van der Waals surface area contributed by atoms with Crippen molar-refractivity contribution in [3.05, 3.63) is 46.5 Å². The summed E-state index contributed by atoms with van der Waals surface area (Å²) in [7, 11) is 1.60. The van der Waals surface area contributed by atoms with E-state index >= 15 is 0 Å². The molecule has 0 radical (unpaired) electrons. The molecular weight excluding hydrogens is 280 g/mol. The fourth-order valence-corrected chi connectivity index (χ4v) is 2.53. The highest BCUT2D eigenvalue weighted by Crippen LogP contribution is 2.31. The number of benzene rings is 1. The van der Waals surface area contributed by atoms with Gasteiger partial charge in [0.15, 0.2) is 0 Å². The van der Waals surface area contributed by atoms with Crippen molar-refractivity contribution in [1.29, 1.82) is 0 Å². The third-order valence-corrected chi connectivity index (χ3v) is 3.73. The number of halogens is 1. The van der Waals surface area contributed by atoms with Gasteiger partial charge in [0, 0.05) is 13.5 Å². The van der Waals surface area contributed by atoms with Crippen LogP contribution in [0.2, 0.25) is 5.28 Å². The molecule has 0 saturated carbocycles. The van der Waals surface area contributed by atoms with Gasteiger partial charge >= 0.3 is 0 Å². The molecule has 1 aliphatic rings. The average Bonchev–Trinajstić information content (AvgIpc) is 2.91. The summed E-state index contributed by atoms with van der Waals surface area (Å²) in [5.74, 6) is -0.456. The molecule has 0 fully saturated rings. The molecule has 1 heterocycles. The Morgan fingerprint density at radius 2 is 2.25 bits per heavy atom. The Morgan fingerprint density at radius 3 is 2.95 bits per heavy atom. The number of aliphatic hydroxyl groups excluding tert-OH is 1. The number of hydrogen-bond donors (Lipinski definition) is 2. The van der Waals surface area contributed by atoms with Gasteiger partial charge in [-0.1, -0.05) is 24.3 Å². The number of aromatic nitrogens is 3. The van der Waals surface area contributed by atoms with Crippen LogP contribution in [0.5, 0.6) is 0 Å². The molecule has 1 aliphatic carbocycles. The number of aryl methyl sites for hydroxylation is 1. The van der Waals surface area contributed by atoms with Crippen molar-refractivity contribution in [1.82, 2.24) is 20.1 Å². The average molecular weight is 293 g/mol. The maximum absolute atomic E-state index is 12.1. The van der Waals surface area contributed by atoms with Gasteiger partial charge in [0.05, 0.1) is 12.1 Å². The molecule has 2 N–H and O–H groups in total. The fourth-order valence-electron chi connectivity index (χ4n) is 2.42. The second-order valence-corrected chi connectivity index (χ2v) is 5.09. The van der Waals surface area contributed by atoms with Crippen molar-refractivity contribution >= 4 is 17.5 Å². The summed E-state index contributed by atoms with van der Waals surface area (Å²) in [4.78, 5) is 16.0. The summed E-state index contributed by atoms with van der Waals surface area (Å²) in [5, 5.41) is 16.9. The van der Waals surface area contributed by atoms with Crippen molar-refractivity contribution < 1.29 is 9.90 Å². The monoisotopic (exact) mass is 292 g/mol. The van der Waals surface area contributed by atoms with Crippen LogP contribution < -0.4 is 5.32 Å². The van der Waals surface area contributed by atoms with E-state index in [2.05, 4.69) is 15.4 Å². The second-order valence-electron chi connectivity index (χ2n) is 4.75. The fraction of sp³-hybridized carbons (Fsp3) is 0.308. The number of fused-ring (bicyclic) bond motifs is 1. The van der Waals surface area contributed by atoms with E-state index in [1.807, 2.05) is 24.3 Å². The zero-order valence-electron chi connectivity index (χ0n) is 10.7. The Bertz CT molecular complexity index is 651. The van der Waals surface area contributed by atoms with Crippen LogP contribution in [0.4, 0.5) is 0 Å². The molecule has 104 valence electrons. The maximum Gasteiger partial charge on any atom is 0.291 e. The first-order valence-electron chi connectivity index (χ1n) is 6.19. The lowest BCUT2D eigenvalue weighted by Gasteiger charge is -2.16. The third-order valence-electron chi connectivity index (χ3n) is 3.40. The van der Waals surface area contributed by atoms with E-state index in [0.29, 0.717) is 6.42 Å². The third kappa shape index (κ3) is 2.17. The zero-order chi connectivity index (χ0) is 14.3. The molecule has 0 saturated heterocycles. The number of carbonyl (C=O) groups is 1. The number of carbonyl (C=O) groups excluding carboxylic acids is 1. The van der Waals surface area contributed by atoms with Gasteiger partial charge in [0.2, 0.25) is 11.1 Å². The van der Waals surface area contributed by atoms with Crippen molar-refractivity contribution in [3.63, 3.8) is 0 Å². The Labute approximate surface area is 120 Å². The van der Waals surface area contributed by atoms with Gasteiger partial charge in [-0.3, -0.25) is 4.79 Å². The van der Waals surface area contributed by atoms with Crippen LogP contribution in [0.1, 0.15) is 27.8 Å². The number of nitrogens with one attached hydrogen (secondary N) is 1. The second kappa shape index (κ2) is 4.88. The Morgan fingerprint density at radius 1 is 1.50 bits per heavy atom. The molecule has 3 rings (SSSR count). The molecule has 2 atom stereocenters. The molecule has 1 amide bonds. The van der Waals surface area contributed by atoms with Crippen molar-refractivity contribution in [2.75, 3.05) is 0 Å². The first-order chi connectivity index (χ1) is 9.56. The normalized spacial score (nSPS) is 20.8. The van der Waals surface area contributed by atoms with E-state index in [4.69, 9.17) is 11.6 Å². The van der Waals surface area contributed by atoms with Crippen LogP contribution in [0.25, 0.3) is 0 Å². The summed E-state index contributed by atoms with van der Waals surface area (Å²) in [6.07, 6.45) is -0.118. The van der Waals surface area contributed by atoms with E-state index < -0.39 is 18.1 Å². The summed E-state index contributed by atoms with van der Waals surface area (Å²) < 4.78 is 1.31. The molecule has 7 heteroatoms. The number of amides is 1. The zero-order valence-corrected chi connectivity index (χ0v) is 11.5. The Balaban J connectivity index is 1.83. The minimum atomic E-state index is -0.643. The SMILES string of the molecule is Cn1nc(C(=O)N[C@@H]2c3ccccc3C[C@@H]2O)nc1Cl. The molecular formula is C13H13ClN4O2. The molecule has 0 unspecified atom stereocenters. The number of hydrogen-bond acceptors (Lipinski definition) is 4. The van der Waals surface area contributed by atoms with Crippen LogP contribution in [0.3, 0.4) is 0 Å². The molecule has 0 bridgehead atoms.